The van der Waals surface area contributed by atoms with Gasteiger partial charge in [0.2, 0.25) is 0 Å². The first-order valence-corrected chi connectivity index (χ1v) is 5.79. The maximum absolute atomic E-state index is 2.49. The average Bonchev–Trinajstić information content (AvgIpc) is 2.44. The highest BCUT2D eigenvalue weighted by atomic mass is 14.6. The summed E-state index contributed by atoms with van der Waals surface area (Å²) >= 11 is 0. The van der Waals surface area contributed by atoms with Crippen molar-refractivity contribution in [2.75, 3.05) is 0 Å². The summed E-state index contributed by atoms with van der Waals surface area (Å²) in [7, 11) is 0. The minimum Gasteiger partial charge on any atom is -0.0651 e. The maximum Gasteiger partial charge on any atom is -0.0326 e. The lowest BCUT2D eigenvalue weighted by Gasteiger charge is -2.49. The molecule has 5 unspecified atom stereocenters. The molecule has 0 nitrogen and oxygen atoms in total. The van der Waals surface area contributed by atoms with Crippen LogP contribution in [0.4, 0.5) is 0 Å². The van der Waals surface area contributed by atoms with Crippen molar-refractivity contribution in [2.24, 2.45) is 29.6 Å². The smallest absolute Gasteiger partial charge is 0.0326 e. The summed E-state index contributed by atoms with van der Waals surface area (Å²) in [5.74, 6) is 5.49. The van der Waals surface area contributed by atoms with Gasteiger partial charge in [0.25, 0.3) is 0 Å². The molecule has 2 saturated carbocycles. The molecule has 0 spiro atoms. The Morgan fingerprint density at radius 1 is 1.08 bits per heavy atom. The van der Waals surface area contributed by atoms with E-state index in [1.807, 2.05) is 0 Å². The van der Waals surface area contributed by atoms with E-state index in [2.05, 4.69) is 20.8 Å². The predicted octanol–water partition coefficient (Wildman–Crippen LogP) is 3.71. The lowest BCUT2D eigenvalue weighted by Crippen LogP contribution is -2.44. The first-order valence-electron chi connectivity index (χ1n) is 5.79. The quantitative estimate of drug-likeness (QED) is 0.586. The van der Waals surface area contributed by atoms with E-state index in [1.54, 1.807) is 6.42 Å². The Bertz CT molecular complexity index is 159. The first-order chi connectivity index (χ1) is 5.79. The number of hydrogen-bond donors (Lipinski definition) is 0. The number of hydrogen-bond acceptors (Lipinski definition) is 0. The van der Waals surface area contributed by atoms with E-state index in [9.17, 15) is 0 Å². The molecule has 0 aromatic heterocycles. The summed E-state index contributed by atoms with van der Waals surface area (Å²) in [6.45, 7) is 7.24. The predicted molar refractivity (Wildman–Crippen MR) is 52.9 cm³/mol. The Morgan fingerprint density at radius 2 is 1.83 bits per heavy atom. The molecule has 0 aromatic carbocycles. The zero-order chi connectivity index (χ0) is 8.72. The molecular formula is C12H22. The van der Waals surface area contributed by atoms with Gasteiger partial charge in [-0.15, -0.1) is 0 Å². The number of rotatable bonds is 2. The zero-order valence-electron chi connectivity index (χ0n) is 8.72. The van der Waals surface area contributed by atoms with Crippen LogP contribution in [0.5, 0.6) is 0 Å². The third-order valence-electron chi connectivity index (χ3n) is 4.74. The van der Waals surface area contributed by atoms with E-state index in [4.69, 9.17) is 0 Å². The third kappa shape index (κ3) is 0.963. The molecule has 0 heterocycles. The van der Waals surface area contributed by atoms with Crippen LogP contribution in [-0.2, 0) is 0 Å². The second kappa shape index (κ2) is 3.05. The van der Waals surface area contributed by atoms with Gasteiger partial charge in [-0.2, -0.15) is 0 Å². The SMILES string of the molecule is CCC1CCC2C(CC)C(C)C12. The standard InChI is InChI=1S/C12H22/c1-4-9-6-7-11-10(5-2)8(3)12(9)11/h8-12H,4-7H2,1-3H3. The van der Waals surface area contributed by atoms with Gasteiger partial charge in [-0.25, -0.2) is 0 Å². The van der Waals surface area contributed by atoms with Crippen molar-refractivity contribution in [3.63, 3.8) is 0 Å². The molecule has 2 fully saturated rings. The van der Waals surface area contributed by atoms with E-state index < -0.39 is 0 Å². The van der Waals surface area contributed by atoms with Crippen molar-refractivity contribution < 1.29 is 0 Å². The first kappa shape index (κ1) is 8.59. The van der Waals surface area contributed by atoms with Crippen LogP contribution in [0.3, 0.4) is 0 Å². The van der Waals surface area contributed by atoms with Crippen LogP contribution in [0.15, 0.2) is 0 Å². The summed E-state index contributed by atoms with van der Waals surface area (Å²) in [5, 5.41) is 0. The van der Waals surface area contributed by atoms with Gasteiger partial charge in [-0.1, -0.05) is 33.6 Å². The van der Waals surface area contributed by atoms with E-state index in [0.29, 0.717) is 0 Å². The van der Waals surface area contributed by atoms with Crippen molar-refractivity contribution in [3.8, 4) is 0 Å². The molecule has 70 valence electrons. The Labute approximate surface area is 76.7 Å². The third-order valence-corrected chi connectivity index (χ3v) is 4.74. The topological polar surface area (TPSA) is 0 Å². The Hall–Kier alpha value is 0. The van der Waals surface area contributed by atoms with Crippen LogP contribution in [0.25, 0.3) is 0 Å². The van der Waals surface area contributed by atoms with Gasteiger partial charge in [0.15, 0.2) is 0 Å². The van der Waals surface area contributed by atoms with Gasteiger partial charge >= 0.3 is 0 Å². The summed E-state index contributed by atoms with van der Waals surface area (Å²) in [5.41, 5.74) is 0. The largest absolute Gasteiger partial charge is 0.0651 e. The molecule has 0 aromatic rings. The summed E-state index contributed by atoms with van der Waals surface area (Å²) in [6.07, 6.45) is 5.94. The van der Waals surface area contributed by atoms with Gasteiger partial charge in [0.1, 0.15) is 0 Å². The van der Waals surface area contributed by atoms with Gasteiger partial charge in [0.05, 0.1) is 0 Å². The van der Waals surface area contributed by atoms with Crippen LogP contribution < -0.4 is 0 Å². The molecule has 2 aliphatic carbocycles. The van der Waals surface area contributed by atoms with Crippen molar-refractivity contribution >= 4 is 0 Å². The minimum atomic E-state index is 1.05. The molecule has 0 aliphatic heterocycles. The Balaban J connectivity index is 2.01. The second-order valence-corrected chi connectivity index (χ2v) is 4.92. The molecule has 0 bridgehead atoms. The van der Waals surface area contributed by atoms with E-state index in [1.165, 1.54) is 19.3 Å². The fourth-order valence-corrected chi connectivity index (χ4v) is 4.14. The second-order valence-electron chi connectivity index (χ2n) is 4.92. The van der Waals surface area contributed by atoms with Crippen LogP contribution in [0.2, 0.25) is 0 Å². The fraction of sp³-hybridized carbons (Fsp3) is 1.00. The molecule has 0 radical (unpaired) electrons. The fourth-order valence-electron chi connectivity index (χ4n) is 4.14. The van der Waals surface area contributed by atoms with E-state index in [0.717, 1.165) is 29.6 Å². The monoisotopic (exact) mass is 166 g/mol. The van der Waals surface area contributed by atoms with Crippen molar-refractivity contribution in [2.45, 2.75) is 46.5 Å². The zero-order valence-corrected chi connectivity index (χ0v) is 8.72. The van der Waals surface area contributed by atoms with E-state index >= 15 is 0 Å². The Morgan fingerprint density at radius 3 is 2.42 bits per heavy atom. The van der Waals surface area contributed by atoms with Crippen molar-refractivity contribution in [1.29, 1.82) is 0 Å². The van der Waals surface area contributed by atoms with Crippen molar-refractivity contribution in [3.05, 3.63) is 0 Å². The summed E-state index contributed by atoms with van der Waals surface area (Å²) < 4.78 is 0. The number of fused-ring (bicyclic) bond motifs is 1. The van der Waals surface area contributed by atoms with Gasteiger partial charge in [-0.05, 0) is 42.4 Å². The molecule has 2 rings (SSSR count). The molecule has 0 saturated heterocycles. The summed E-state index contributed by atoms with van der Waals surface area (Å²) in [6, 6.07) is 0. The average molecular weight is 166 g/mol. The van der Waals surface area contributed by atoms with Crippen LogP contribution in [-0.4, -0.2) is 0 Å². The molecule has 5 atom stereocenters. The van der Waals surface area contributed by atoms with Gasteiger partial charge in [-0.3, -0.25) is 0 Å². The highest BCUT2D eigenvalue weighted by molar-refractivity contribution is 5.01. The van der Waals surface area contributed by atoms with E-state index in [-0.39, 0.29) is 0 Å². The molecule has 0 amide bonds. The van der Waals surface area contributed by atoms with Crippen LogP contribution >= 0.6 is 0 Å². The maximum atomic E-state index is 2.49. The van der Waals surface area contributed by atoms with Crippen molar-refractivity contribution in [1.82, 2.24) is 0 Å². The molecule has 12 heavy (non-hydrogen) atoms. The molecule has 2 aliphatic rings. The van der Waals surface area contributed by atoms with Gasteiger partial charge < -0.3 is 0 Å². The minimum absolute atomic E-state index is 1.05. The Kier molecular flexibility index (Phi) is 2.18. The molecular weight excluding hydrogens is 144 g/mol. The van der Waals surface area contributed by atoms with Crippen LogP contribution in [0.1, 0.15) is 46.5 Å². The highest BCUT2D eigenvalue weighted by Crippen LogP contribution is 2.59. The highest BCUT2D eigenvalue weighted by Gasteiger charge is 2.52. The molecule has 0 heteroatoms. The summed E-state index contributed by atoms with van der Waals surface area (Å²) in [4.78, 5) is 0. The van der Waals surface area contributed by atoms with Crippen LogP contribution in [0, 0.1) is 29.6 Å². The lowest BCUT2D eigenvalue weighted by molar-refractivity contribution is -0.0120. The normalized spacial score (nSPS) is 51.8. The molecule has 0 N–H and O–H groups in total. The van der Waals surface area contributed by atoms with Gasteiger partial charge in [0, 0.05) is 0 Å². The lowest BCUT2D eigenvalue weighted by atomic mass is 9.56.